The van der Waals surface area contributed by atoms with E-state index in [4.69, 9.17) is 9.47 Å². The van der Waals surface area contributed by atoms with E-state index in [2.05, 4.69) is 24.4 Å². The summed E-state index contributed by atoms with van der Waals surface area (Å²) in [6.07, 6.45) is 4.72. The van der Waals surface area contributed by atoms with E-state index in [1.807, 2.05) is 19.2 Å². The van der Waals surface area contributed by atoms with Gasteiger partial charge in [0.15, 0.2) is 0 Å². The molecule has 1 unspecified atom stereocenters. The Kier molecular flexibility index (Phi) is 4.83. The highest BCUT2D eigenvalue weighted by molar-refractivity contribution is 5.37. The normalized spacial score (nSPS) is 19.3. The van der Waals surface area contributed by atoms with Gasteiger partial charge in [-0.25, -0.2) is 0 Å². The molecule has 0 heterocycles. The maximum Gasteiger partial charge on any atom is 0.123 e. The Hall–Kier alpha value is -1.06. The number of ether oxygens (including phenoxy) is 2. The van der Waals surface area contributed by atoms with E-state index in [0.29, 0.717) is 0 Å². The van der Waals surface area contributed by atoms with Crippen LogP contribution in [0.1, 0.15) is 44.2 Å². The highest BCUT2D eigenvalue weighted by atomic mass is 16.5. The monoisotopic (exact) mass is 263 g/mol. The summed E-state index contributed by atoms with van der Waals surface area (Å²) in [5.41, 5.74) is 1.11. The molecule has 0 radical (unpaired) electrons. The summed E-state index contributed by atoms with van der Waals surface area (Å²) in [5.74, 6) is 0.938. The van der Waals surface area contributed by atoms with Gasteiger partial charge in [0.25, 0.3) is 0 Å². The first-order chi connectivity index (χ1) is 9.27. The van der Waals surface area contributed by atoms with Crippen molar-refractivity contribution in [2.45, 2.75) is 44.2 Å². The topological polar surface area (TPSA) is 30.5 Å². The maximum absolute atomic E-state index is 6.18. The van der Waals surface area contributed by atoms with Crippen molar-refractivity contribution in [1.29, 1.82) is 0 Å². The fourth-order valence-corrected chi connectivity index (χ4v) is 3.38. The molecule has 1 atom stereocenters. The number of methoxy groups -OCH3 is 1. The molecule has 0 spiro atoms. The Balaban J connectivity index is 2.37. The van der Waals surface area contributed by atoms with Gasteiger partial charge < -0.3 is 14.8 Å². The fourth-order valence-electron chi connectivity index (χ4n) is 3.38. The average Bonchev–Trinajstić information content (AvgIpc) is 2.90. The van der Waals surface area contributed by atoms with Crippen LogP contribution >= 0.6 is 0 Å². The zero-order chi connectivity index (χ0) is 13.7. The molecule has 0 aliphatic heterocycles. The summed E-state index contributed by atoms with van der Waals surface area (Å²) in [4.78, 5) is 0. The first kappa shape index (κ1) is 14.4. The number of nitrogens with one attached hydrogen (secondary N) is 1. The Morgan fingerprint density at radius 2 is 1.95 bits per heavy atom. The number of hydrogen-bond acceptors (Lipinski definition) is 3. The van der Waals surface area contributed by atoms with Crippen LogP contribution in [0.2, 0.25) is 0 Å². The molecular formula is C16H25NO2. The van der Waals surface area contributed by atoms with E-state index in [0.717, 1.165) is 25.2 Å². The molecule has 3 nitrogen and oxygen atoms in total. The van der Waals surface area contributed by atoms with E-state index < -0.39 is 0 Å². The minimum absolute atomic E-state index is 0.0852. The van der Waals surface area contributed by atoms with Crippen LogP contribution in [0.25, 0.3) is 0 Å². The molecule has 1 fully saturated rings. The Morgan fingerprint density at radius 1 is 1.26 bits per heavy atom. The zero-order valence-electron chi connectivity index (χ0n) is 12.2. The van der Waals surface area contributed by atoms with Crippen LogP contribution in [-0.4, -0.2) is 26.4 Å². The lowest BCUT2D eigenvalue weighted by atomic mass is 9.86. The molecule has 0 saturated heterocycles. The molecule has 0 bridgehead atoms. The minimum Gasteiger partial charge on any atom is -0.496 e. The predicted octanol–water partition coefficient (Wildman–Crippen LogP) is 3.31. The summed E-state index contributed by atoms with van der Waals surface area (Å²) in [7, 11) is 3.74. The van der Waals surface area contributed by atoms with Crippen LogP contribution in [0.4, 0.5) is 0 Å². The Bertz CT molecular complexity index is 399. The lowest BCUT2D eigenvalue weighted by Crippen LogP contribution is -2.43. The quantitative estimate of drug-likeness (QED) is 0.854. The third-order valence-electron chi connectivity index (χ3n) is 4.15. The molecule has 3 heteroatoms. The molecule has 1 aromatic carbocycles. The van der Waals surface area contributed by atoms with Gasteiger partial charge in [-0.15, -0.1) is 0 Å². The largest absolute Gasteiger partial charge is 0.496 e. The first-order valence-corrected chi connectivity index (χ1v) is 7.21. The average molecular weight is 263 g/mol. The van der Waals surface area contributed by atoms with Crippen LogP contribution in [0.15, 0.2) is 24.3 Å². The van der Waals surface area contributed by atoms with E-state index in [1.54, 1.807) is 7.11 Å². The number of benzene rings is 1. The van der Waals surface area contributed by atoms with Crippen LogP contribution in [0.3, 0.4) is 0 Å². The SMILES string of the molecule is CCOC1(C(NC)c2ccccc2OC)CCCC1. The minimum atomic E-state index is -0.0852. The lowest BCUT2D eigenvalue weighted by Gasteiger charge is -2.38. The number of hydrogen-bond donors (Lipinski definition) is 1. The molecule has 0 aromatic heterocycles. The number of likely N-dealkylation sites (N-methyl/N-ethyl adjacent to an activating group) is 1. The summed E-state index contributed by atoms with van der Waals surface area (Å²) in [5, 5.41) is 3.46. The van der Waals surface area contributed by atoms with Crippen LogP contribution in [0.5, 0.6) is 5.75 Å². The fraction of sp³-hybridized carbons (Fsp3) is 0.625. The van der Waals surface area contributed by atoms with Crippen molar-refractivity contribution in [3.05, 3.63) is 29.8 Å². The summed E-state index contributed by atoms with van der Waals surface area (Å²) in [6.45, 7) is 2.84. The van der Waals surface area contributed by atoms with Crippen molar-refractivity contribution in [3.8, 4) is 5.75 Å². The van der Waals surface area contributed by atoms with E-state index in [1.165, 1.54) is 18.4 Å². The molecule has 1 aliphatic carbocycles. The van der Waals surface area contributed by atoms with E-state index in [9.17, 15) is 0 Å². The van der Waals surface area contributed by atoms with Crippen molar-refractivity contribution in [3.63, 3.8) is 0 Å². The van der Waals surface area contributed by atoms with Gasteiger partial charge in [0.2, 0.25) is 0 Å². The summed E-state index contributed by atoms with van der Waals surface area (Å²) < 4.78 is 11.7. The van der Waals surface area contributed by atoms with E-state index in [-0.39, 0.29) is 11.6 Å². The molecule has 0 amide bonds. The third kappa shape index (κ3) is 2.77. The highest BCUT2D eigenvalue weighted by Crippen LogP contribution is 2.44. The van der Waals surface area contributed by atoms with Gasteiger partial charge in [0.1, 0.15) is 5.75 Å². The molecule has 1 N–H and O–H groups in total. The van der Waals surface area contributed by atoms with Crippen LogP contribution in [-0.2, 0) is 4.74 Å². The Morgan fingerprint density at radius 3 is 2.53 bits per heavy atom. The lowest BCUT2D eigenvalue weighted by molar-refractivity contribution is -0.0614. The van der Waals surface area contributed by atoms with Crippen LogP contribution in [0, 0.1) is 0 Å². The second-order valence-corrected chi connectivity index (χ2v) is 5.17. The van der Waals surface area contributed by atoms with Gasteiger partial charge in [0.05, 0.1) is 18.8 Å². The molecular weight excluding hydrogens is 238 g/mol. The van der Waals surface area contributed by atoms with Crippen molar-refractivity contribution in [1.82, 2.24) is 5.32 Å². The van der Waals surface area contributed by atoms with Crippen molar-refractivity contribution >= 4 is 0 Å². The van der Waals surface area contributed by atoms with Crippen molar-refractivity contribution in [2.75, 3.05) is 20.8 Å². The summed E-state index contributed by atoms with van der Waals surface area (Å²) in [6, 6.07) is 8.42. The molecule has 1 saturated carbocycles. The van der Waals surface area contributed by atoms with Crippen molar-refractivity contribution < 1.29 is 9.47 Å². The molecule has 1 aromatic rings. The van der Waals surface area contributed by atoms with Gasteiger partial charge in [-0.2, -0.15) is 0 Å². The van der Waals surface area contributed by atoms with Gasteiger partial charge in [-0.3, -0.25) is 0 Å². The van der Waals surface area contributed by atoms with Gasteiger partial charge in [-0.05, 0) is 32.9 Å². The maximum atomic E-state index is 6.18. The molecule has 19 heavy (non-hydrogen) atoms. The Labute approximate surface area is 116 Å². The second kappa shape index (κ2) is 6.40. The molecule has 2 rings (SSSR count). The van der Waals surface area contributed by atoms with Crippen molar-refractivity contribution in [2.24, 2.45) is 0 Å². The summed E-state index contributed by atoms with van der Waals surface area (Å²) >= 11 is 0. The standard InChI is InChI=1S/C16H25NO2/c1-4-19-16(11-7-8-12-16)15(17-2)13-9-5-6-10-14(13)18-3/h5-6,9-10,15,17H,4,7-8,11-12H2,1-3H3. The molecule has 106 valence electrons. The third-order valence-corrected chi connectivity index (χ3v) is 4.15. The zero-order valence-corrected chi connectivity index (χ0v) is 12.2. The predicted molar refractivity (Wildman–Crippen MR) is 77.6 cm³/mol. The van der Waals surface area contributed by atoms with Gasteiger partial charge in [0, 0.05) is 12.2 Å². The van der Waals surface area contributed by atoms with Gasteiger partial charge in [-0.1, -0.05) is 31.0 Å². The number of rotatable bonds is 6. The number of para-hydroxylation sites is 1. The second-order valence-electron chi connectivity index (χ2n) is 5.17. The molecule has 1 aliphatic rings. The smallest absolute Gasteiger partial charge is 0.123 e. The van der Waals surface area contributed by atoms with Gasteiger partial charge >= 0.3 is 0 Å². The highest BCUT2D eigenvalue weighted by Gasteiger charge is 2.43. The van der Waals surface area contributed by atoms with Crippen LogP contribution < -0.4 is 10.1 Å². The van der Waals surface area contributed by atoms with E-state index >= 15 is 0 Å². The first-order valence-electron chi connectivity index (χ1n) is 7.21.